The minimum absolute atomic E-state index is 0.172. The molecule has 2 aromatic carbocycles. The third-order valence-electron chi connectivity index (χ3n) is 3.66. The first-order valence-corrected chi connectivity index (χ1v) is 7.98. The van der Waals surface area contributed by atoms with E-state index < -0.39 is 12.1 Å². The zero-order valence-corrected chi connectivity index (χ0v) is 15.2. The Hall–Kier alpha value is -2.53. The average molecular weight is 363 g/mol. The lowest BCUT2D eigenvalue weighted by atomic mass is 10.1. The van der Waals surface area contributed by atoms with Crippen LogP contribution in [-0.4, -0.2) is 32.1 Å². The largest absolute Gasteiger partial charge is 0.493 e. The number of esters is 1. The molecule has 0 aliphatic carbocycles. The van der Waals surface area contributed by atoms with Gasteiger partial charge < -0.3 is 14.2 Å². The molecular weight excluding hydrogens is 344 g/mol. The first-order valence-electron chi connectivity index (χ1n) is 7.60. The first-order chi connectivity index (χ1) is 11.9. The summed E-state index contributed by atoms with van der Waals surface area (Å²) in [5.74, 6) is -0.320. The Morgan fingerprint density at radius 1 is 1.00 bits per heavy atom. The van der Waals surface area contributed by atoms with Crippen molar-refractivity contribution in [2.24, 2.45) is 0 Å². The van der Waals surface area contributed by atoms with Gasteiger partial charge in [0.2, 0.25) is 5.78 Å². The Morgan fingerprint density at radius 2 is 1.64 bits per heavy atom. The molecule has 0 spiro atoms. The van der Waals surface area contributed by atoms with E-state index in [0.29, 0.717) is 17.1 Å². The Kier molecular flexibility index (Phi) is 6.04. The SMILES string of the molecule is COc1cc(C(=O)O[C@@H](C)C(=O)c2ccc(C)cc2)cc(Cl)c1OC. The van der Waals surface area contributed by atoms with Gasteiger partial charge in [-0.2, -0.15) is 0 Å². The summed E-state index contributed by atoms with van der Waals surface area (Å²) in [7, 11) is 2.89. The minimum atomic E-state index is -0.929. The fraction of sp³-hybridized carbons (Fsp3) is 0.263. The average Bonchev–Trinajstić information content (AvgIpc) is 2.60. The van der Waals surface area contributed by atoms with Crippen LogP contribution in [0.15, 0.2) is 36.4 Å². The molecule has 6 heteroatoms. The van der Waals surface area contributed by atoms with Crippen molar-refractivity contribution < 1.29 is 23.8 Å². The lowest BCUT2D eigenvalue weighted by molar-refractivity contribution is 0.0318. The molecule has 0 N–H and O–H groups in total. The van der Waals surface area contributed by atoms with E-state index in [-0.39, 0.29) is 16.4 Å². The highest BCUT2D eigenvalue weighted by molar-refractivity contribution is 6.32. The summed E-state index contributed by atoms with van der Waals surface area (Å²) in [6.07, 6.45) is -0.929. The van der Waals surface area contributed by atoms with Crippen molar-refractivity contribution in [1.82, 2.24) is 0 Å². The van der Waals surface area contributed by atoms with Crippen molar-refractivity contribution in [2.75, 3.05) is 14.2 Å². The molecule has 0 bridgehead atoms. The normalized spacial score (nSPS) is 11.6. The van der Waals surface area contributed by atoms with E-state index >= 15 is 0 Å². The third-order valence-corrected chi connectivity index (χ3v) is 3.94. The molecule has 25 heavy (non-hydrogen) atoms. The second kappa shape index (κ2) is 8.03. The maximum Gasteiger partial charge on any atom is 0.339 e. The molecule has 0 radical (unpaired) electrons. The molecule has 0 fully saturated rings. The maximum atomic E-state index is 12.4. The second-order valence-electron chi connectivity index (χ2n) is 5.47. The number of ketones is 1. The number of rotatable bonds is 6. The smallest absolute Gasteiger partial charge is 0.339 e. The highest BCUT2D eigenvalue weighted by Crippen LogP contribution is 2.36. The van der Waals surface area contributed by atoms with Crippen LogP contribution in [0.1, 0.15) is 33.2 Å². The molecular formula is C19H19ClO5. The van der Waals surface area contributed by atoms with Gasteiger partial charge in [0, 0.05) is 5.56 Å². The Labute approximate surface area is 151 Å². The summed E-state index contributed by atoms with van der Waals surface area (Å²) in [4.78, 5) is 24.7. The van der Waals surface area contributed by atoms with Crippen LogP contribution in [0.25, 0.3) is 0 Å². The van der Waals surface area contributed by atoms with Gasteiger partial charge in [-0.15, -0.1) is 0 Å². The number of hydrogen-bond donors (Lipinski definition) is 0. The summed E-state index contributed by atoms with van der Waals surface area (Å²) < 4.78 is 15.5. The van der Waals surface area contributed by atoms with Gasteiger partial charge in [0.25, 0.3) is 0 Å². The van der Waals surface area contributed by atoms with Gasteiger partial charge in [0.1, 0.15) is 0 Å². The Morgan fingerprint density at radius 3 is 2.20 bits per heavy atom. The van der Waals surface area contributed by atoms with Crippen molar-refractivity contribution in [3.05, 3.63) is 58.1 Å². The minimum Gasteiger partial charge on any atom is -0.493 e. The van der Waals surface area contributed by atoms with Crippen LogP contribution < -0.4 is 9.47 Å². The van der Waals surface area contributed by atoms with Crippen molar-refractivity contribution >= 4 is 23.4 Å². The van der Waals surface area contributed by atoms with Crippen molar-refractivity contribution in [1.29, 1.82) is 0 Å². The van der Waals surface area contributed by atoms with E-state index in [1.807, 2.05) is 19.1 Å². The number of Topliss-reactive ketones (excluding diaryl/α,β-unsaturated/α-hetero) is 1. The predicted octanol–water partition coefficient (Wildman–Crippen LogP) is 4.09. The van der Waals surface area contributed by atoms with Crippen LogP contribution in [0.2, 0.25) is 5.02 Å². The molecule has 0 unspecified atom stereocenters. The highest BCUT2D eigenvalue weighted by Gasteiger charge is 2.22. The molecule has 1 atom stereocenters. The quantitative estimate of drug-likeness (QED) is 0.572. The van der Waals surface area contributed by atoms with Gasteiger partial charge in [0.15, 0.2) is 17.6 Å². The molecule has 0 aromatic heterocycles. The summed E-state index contributed by atoms with van der Waals surface area (Å²) in [6, 6.07) is 9.93. The molecule has 0 aliphatic heterocycles. The molecule has 0 saturated carbocycles. The first kappa shape index (κ1) is 18.8. The van der Waals surface area contributed by atoms with E-state index in [9.17, 15) is 9.59 Å². The molecule has 5 nitrogen and oxygen atoms in total. The summed E-state index contributed by atoms with van der Waals surface area (Å²) >= 11 is 6.09. The molecule has 0 aliphatic rings. The van der Waals surface area contributed by atoms with Crippen LogP contribution in [0.4, 0.5) is 0 Å². The van der Waals surface area contributed by atoms with Gasteiger partial charge in [-0.05, 0) is 26.0 Å². The monoisotopic (exact) mass is 362 g/mol. The lowest BCUT2D eigenvalue weighted by Crippen LogP contribution is -2.24. The van der Waals surface area contributed by atoms with E-state index in [1.54, 1.807) is 12.1 Å². The van der Waals surface area contributed by atoms with Crippen molar-refractivity contribution in [3.63, 3.8) is 0 Å². The van der Waals surface area contributed by atoms with Gasteiger partial charge in [-0.25, -0.2) is 4.79 Å². The maximum absolute atomic E-state index is 12.4. The van der Waals surface area contributed by atoms with E-state index in [2.05, 4.69) is 0 Å². The van der Waals surface area contributed by atoms with Crippen LogP contribution >= 0.6 is 11.6 Å². The second-order valence-corrected chi connectivity index (χ2v) is 5.88. The standard InChI is InChI=1S/C19H19ClO5/c1-11-5-7-13(8-6-11)17(21)12(2)25-19(22)14-9-15(20)18(24-4)16(10-14)23-3/h5-10,12H,1-4H3/t12-/m0/s1. The van der Waals surface area contributed by atoms with Crippen LogP contribution in [0, 0.1) is 6.92 Å². The number of ether oxygens (including phenoxy) is 3. The molecule has 0 saturated heterocycles. The summed E-state index contributed by atoms with van der Waals surface area (Å²) in [5.41, 5.74) is 1.70. The van der Waals surface area contributed by atoms with Crippen LogP contribution in [0.5, 0.6) is 11.5 Å². The summed E-state index contributed by atoms with van der Waals surface area (Å²) in [6.45, 7) is 3.46. The van der Waals surface area contributed by atoms with Crippen LogP contribution in [0.3, 0.4) is 0 Å². The lowest BCUT2D eigenvalue weighted by Gasteiger charge is -2.14. The number of benzene rings is 2. The zero-order chi connectivity index (χ0) is 18.6. The zero-order valence-electron chi connectivity index (χ0n) is 14.5. The molecule has 0 heterocycles. The Bertz CT molecular complexity index is 783. The Balaban J connectivity index is 2.17. The molecule has 132 valence electrons. The van der Waals surface area contributed by atoms with Gasteiger partial charge in [-0.1, -0.05) is 41.4 Å². The van der Waals surface area contributed by atoms with Gasteiger partial charge in [0.05, 0.1) is 24.8 Å². The topological polar surface area (TPSA) is 61.8 Å². The van der Waals surface area contributed by atoms with Crippen molar-refractivity contribution in [3.8, 4) is 11.5 Å². The van der Waals surface area contributed by atoms with Gasteiger partial charge >= 0.3 is 5.97 Å². The predicted molar refractivity (Wildman–Crippen MR) is 94.9 cm³/mol. The fourth-order valence-corrected chi connectivity index (χ4v) is 2.56. The number of carbonyl (C=O) groups excluding carboxylic acids is 2. The number of hydrogen-bond acceptors (Lipinski definition) is 5. The van der Waals surface area contributed by atoms with Gasteiger partial charge in [-0.3, -0.25) is 4.79 Å². The number of aryl methyl sites for hydroxylation is 1. The fourth-order valence-electron chi connectivity index (χ4n) is 2.27. The van der Waals surface area contributed by atoms with E-state index in [0.717, 1.165) is 5.56 Å². The van der Waals surface area contributed by atoms with Crippen LogP contribution in [-0.2, 0) is 4.74 Å². The van der Waals surface area contributed by atoms with E-state index in [1.165, 1.54) is 33.3 Å². The number of carbonyl (C=O) groups is 2. The molecule has 2 rings (SSSR count). The summed E-state index contributed by atoms with van der Waals surface area (Å²) in [5, 5.41) is 0.214. The highest BCUT2D eigenvalue weighted by atomic mass is 35.5. The molecule has 2 aromatic rings. The third kappa shape index (κ3) is 4.31. The van der Waals surface area contributed by atoms with Crippen molar-refractivity contribution in [2.45, 2.75) is 20.0 Å². The number of halogens is 1. The number of methoxy groups -OCH3 is 2. The molecule has 0 amide bonds. The van der Waals surface area contributed by atoms with E-state index in [4.69, 9.17) is 25.8 Å².